The first-order chi connectivity index (χ1) is 13.0. The third-order valence-corrected chi connectivity index (χ3v) is 5.14. The van der Waals surface area contributed by atoms with Gasteiger partial charge in [0.2, 0.25) is 0 Å². The molecule has 0 unspecified atom stereocenters. The number of aryl methyl sites for hydroxylation is 2. The predicted octanol–water partition coefficient (Wildman–Crippen LogP) is 2.15. The van der Waals surface area contributed by atoms with Gasteiger partial charge in [0, 0.05) is 12.2 Å². The highest BCUT2D eigenvalue weighted by Gasteiger charge is 2.15. The molecule has 0 atom stereocenters. The van der Waals surface area contributed by atoms with Crippen LogP contribution in [0.25, 0.3) is 10.2 Å². The number of rotatable bonds is 5. The summed E-state index contributed by atoms with van der Waals surface area (Å²) in [7, 11) is 2.90. The van der Waals surface area contributed by atoms with Gasteiger partial charge in [-0.05, 0) is 38.1 Å². The van der Waals surface area contributed by atoms with E-state index in [0.717, 1.165) is 15.9 Å². The molecule has 3 aromatic rings. The van der Waals surface area contributed by atoms with Crippen LogP contribution in [0.15, 0.2) is 29.3 Å². The Morgan fingerprint density at radius 2 is 2.04 bits per heavy atom. The molecule has 0 N–H and O–H groups in total. The molecule has 0 radical (unpaired) electrons. The molecule has 0 saturated heterocycles. The van der Waals surface area contributed by atoms with Crippen molar-refractivity contribution in [2.75, 3.05) is 14.2 Å². The van der Waals surface area contributed by atoms with Crippen molar-refractivity contribution in [3.05, 3.63) is 40.5 Å². The molecule has 0 spiro atoms. The van der Waals surface area contributed by atoms with E-state index < -0.39 is 11.9 Å². The third kappa shape index (κ3) is 3.77. The topological polar surface area (TPSA) is 87.7 Å². The molecule has 0 aliphatic rings. The van der Waals surface area contributed by atoms with Crippen LogP contribution >= 0.6 is 11.3 Å². The van der Waals surface area contributed by atoms with Gasteiger partial charge < -0.3 is 14.0 Å². The number of methoxy groups -OCH3 is 2. The Bertz CT molecular complexity index is 1080. The van der Waals surface area contributed by atoms with Crippen molar-refractivity contribution < 1.29 is 19.1 Å². The Balaban J connectivity index is 2.12. The van der Waals surface area contributed by atoms with E-state index in [-0.39, 0.29) is 12.2 Å². The zero-order valence-corrected chi connectivity index (χ0v) is 16.4. The lowest BCUT2D eigenvalue weighted by molar-refractivity contribution is -0.141. The number of carbonyl (C=O) groups excluding carboxylic acids is 2. The molecule has 0 aliphatic carbocycles. The summed E-state index contributed by atoms with van der Waals surface area (Å²) in [5.41, 5.74) is 1.93. The van der Waals surface area contributed by atoms with Crippen molar-refractivity contribution in [3.63, 3.8) is 0 Å². The maximum atomic E-state index is 12.6. The Hall–Kier alpha value is -2.94. The molecule has 2 aromatic heterocycles. The number of ether oxygens (including phenoxy) is 2. The Labute approximate surface area is 159 Å². The van der Waals surface area contributed by atoms with Gasteiger partial charge in [-0.15, -0.1) is 0 Å². The van der Waals surface area contributed by atoms with Crippen molar-refractivity contribution in [1.82, 2.24) is 14.3 Å². The van der Waals surface area contributed by atoms with E-state index >= 15 is 0 Å². The molecular weight excluding hydrogens is 368 g/mol. The average molecular weight is 388 g/mol. The number of hydrogen-bond donors (Lipinski definition) is 0. The zero-order chi connectivity index (χ0) is 19.6. The van der Waals surface area contributed by atoms with Gasteiger partial charge in [0.1, 0.15) is 12.3 Å². The molecule has 142 valence electrons. The van der Waals surface area contributed by atoms with E-state index in [1.165, 1.54) is 18.4 Å². The highest BCUT2D eigenvalue weighted by Crippen LogP contribution is 2.23. The number of nitrogens with zero attached hydrogens (tertiary/aromatic N) is 4. The van der Waals surface area contributed by atoms with E-state index in [9.17, 15) is 9.59 Å². The van der Waals surface area contributed by atoms with Crippen molar-refractivity contribution in [3.8, 4) is 5.75 Å². The largest absolute Gasteiger partial charge is 0.497 e. The lowest BCUT2D eigenvalue weighted by atomic mass is 10.3. The number of esters is 1. The van der Waals surface area contributed by atoms with Crippen LogP contribution in [0.4, 0.5) is 0 Å². The van der Waals surface area contributed by atoms with Crippen LogP contribution in [0.2, 0.25) is 0 Å². The number of benzene rings is 1. The Morgan fingerprint density at radius 1 is 1.26 bits per heavy atom. The summed E-state index contributed by atoms with van der Waals surface area (Å²) in [6.07, 6.45) is 0. The first kappa shape index (κ1) is 18.8. The molecule has 1 aromatic carbocycles. The van der Waals surface area contributed by atoms with E-state index in [2.05, 4.69) is 10.1 Å². The first-order valence-corrected chi connectivity index (χ1v) is 9.16. The van der Waals surface area contributed by atoms with Crippen LogP contribution in [-0.4, -0.2) is 40.4 Å². The lowest BCUT2D eigenvalue weighted by Crippen LogP contribution is -2.22. The van der Waals surface area contributed by atoms with Crippen LogP contribution in [0.3, 0.4) is 0 Å². The van der Waals surface area contributed by atoms with Crippen LogP contribution in [0.1, 0.15) is 23.1 Å². The zero-order valence-electron chi connectivity index (χ0n) is 15.6. The van der Waals surface area contributed by atoms with Crippen LogP contribution < -0.4 is 9.54 Å². The average Bonchev–Trinajstić information content (AvgIpc) is 3.21. The van der Waals surface area contributed by atoms with Crippen molar-refractivity contribution in [2.45, 2.75) is 26.9 Å². The number of carbonyl (C=O) groups is 2. The molecule has 1 amide bonds. The van der Waals surface area contributed by atoms with Crippen molar-refractivity contribution in [2.24, 2.45) is 4.99 Å². The smallest absolute Gasteiger partial charge is 0.325 e. The number of fused-ring (bicyclic) bond motifs is 1. The standard InChI is InChI=1S/C18H20N4O4S/c1-5-22-11(2)8-13(20-22)17(24)19-18-21(10-16(23)26-4)14-7-6-12(25-3)9-15(14)27-18/h6-9H,5,10H2,1-4H3. The first-order valence-electron chi connectivity index (χ1n) is 8.34. The van der Waals surface area contributed by atoms with Gasteiger partial charge in [-0.1, -0.05) is 11.3 Å². The van der Waals surface area contributed by atoms with E-state index in [1.54, 1.807) is 28.5 Å². The van der Waals surface area contributed by atoms with Crippen molar-refractivity contribution in [1.29, 1.82) is 0 Å². The second-order valence-corrected chi connectivity index (χ2v) is 6.79. The summed E-state index contributed by atoms with van der Waals surface area (Å²) in [5, 5.41) is 4.27. The molecule has 27 heavy (non-hydrogen) atoms. The summed E-state index contributed by atoms with van der Waals surface area (Å²) in [6.45, 7) is 4.47. The van der Waals surface area contributed by atoms with Gasteiger partial charge in [-0.2, -0.15) is 10.1 Å². The van der Waals surface area contributed by atoms with Gasteiger partial charge >= 0.3 is 5.97 Å². The fourth-order valence-electron chi connectivity index (χ4n) is 2.69. The van der Waals surface area contributed by atoms with Crippen molar-refractivity contribution >= 4 is 33.4 Å². The number of aromatic nitrogens is 3. The molecule has 0 saturated carbocycles. The maximum Gasteiger partial charge on any atom is 0.325 e. The number of amides is 1. The Kier molecular flexibility index (Phi) is 5.41. The molecule has 0 bridgehead atoms. The highest BCUT2D eigenvalue weighted by molar-refractivity contribution is 7.16. The molecule has 2 heterocycles. The van der Waals surface area contributed by atoms with Gasteiger partial charge in [-0.3, -0.25) is 14.3 Å². The predicted molar refractivity (Wildman–Crippen MR) is 101 cm³/mol. The fraction of sp³-hybridized carbons (Fsp3) is 0.333. The molecular formula is C18H20N4O4S. The highest BCUT2D eigenvalue weighted by atomic mass is 32.1. The summed E-state index contributed by atoms with van der Waals surface area (Å²) in [6, 6.07) is 7.16. The third-order valence-electron chi connectivity index (χ3n) is 4.10. The summed E-state index contributed by atoms with van der Waals surface area (Å²) in [4.78, 5) is 29.1. The van der Waals surface area contributed by atoms with Crippen LogP contribution in [-0.2, 0) is 22.6 Å². The SMILES string of the molecule is CCn1nc(C(=O)N=c2sc3cc(OC)ccc3n2CC(=O)OC)cc1C. The quantitative estimate of drug-likeness (QED) is 0.625. The molecule has 0 fully saturated rings. The van der Waals surface area contributed by atoms with E-state index in [4.69, 9.17) is 9.47 Å². The maximum absolute atomic E-state index is 12.6. The second-order valence-electron chi connectivity index (χ2n) is 5.78. The lowest BCUT2D eigenvalue weighted by Gasteiger charge is -2.04. The minimum atomic E-state index is -0.456. The molecule has 8 nitrogen and oxygen atoms in total. The van der Waals surface area contributed by atoms with Gasteiger partial charge in [0.05, 0.1) is 24.4 Å². The Morgan fingerprint density at radius 3 is 2.67 bits per heavy atom. The van der Waals surface area contributed by atoms with E-state index in [1.807, 2.05) is 26.0 Å². The second kappa shape index (κ2) is 7.75. The minimum Gasteiger partial charge on any atom is -0.497 e. The number of thiazole rings is 1. The summed E-state index contributed by atoms with van der Waals surface area (Å²) >= 11 is 1.30. The van der Waals surface area contributed by atoms with Gasteiger partial charge in [0.15, 0.2) is 10.5 Å². The summed E-state index contributed by atoms with van der Waals surface area (Å²) < 4.78 is 14.3. The van der Waals surface area contributed by atoms with Crippen LogP contribution in [0.5, 0.6) is 5.75 Å². The normalized spacial score (nSPS) is 11.8. The molecule has 3 rings (SSSR count). The van der Waals surface area contributed by atoms with Gasteiger partial charge in [-0.25, -0.2) is 0 Å². The number of hydrogen-bond acceptors (Lipinski definition) is 6. The summed E-state index contributed by atoms with van der Waals surface area (Å²) in [5.74, 6) is -0.197. The molecule has 9 heteroatoms. The van der Waals surface area contributed by atoms with Gasteiger partial charge in [0.25, 0.3) is 5.91 Å². The molecule has 0 aliphatic heterocycles. The monoisotopic (exact) mass is 388 g/mol. The van der Waals surface area contributed by atoms with E-state index in [0.29, 0.717) is 17.1 Å². The van der Waals surface area contributed by atoms with Crippen LogP contribution in [0, 0.1) is 6.92 Å². The fourth-order valence-corrected chi connectivity index (χ4v) is 3.75. The minimum absolute atomic E-state index is 0.0443.